The van der Waals surface area contributed by atoms with Crippen LogP contribution in [0.15, 0.2) is 40.6 Å². The lowest BCUT2D eigenvalue weighted by Gasteiger charge is -2.14. The van der Waals surface area contributed by atoms with Crippen LogP contribution in [0.2, 0.25) is 5.02 Å². The van der Waals surface area contributed by atoms with Crippen molar-refractivity contribution in [1.82, 2.24) is 4.72 Å². The highest BCUT2D eigenvalue weighted by molar-refractivity contribution is 7.89. The quantitative estimate of drug-likeness (QED) is 0.828. The Balaban J connectivity index is 2.12. The highest BCUT2D eigenvalue weighted by Gasteiger charge is 2.18. The van der Waals surface area contributed by atoms with E-state index in [0.717, 1.165) is 4.88 Å². The number of hydrogen-bond donors (Lipinski definition) is 2. The van der Waals surface area contributed by atoms with Gasteiger partial charge in [0.15, 0.2) is 0 Å². The molecular weight excluding hydrogens is 316 g/mol. The van der Waals surface area contributed by atoms with Crippen molar-refractivity contribution in [2.24, 2.45) is 0 Å². The number of halogens is 1. The fourth-order valence-corrected chi connectivity index (χ4v) is 4.13. The van der Waals surface area contributed by atoms with Gasteiger partial charge in [-0.15, -0.1) is 11.3 Å². The van der Waals surface area contributed by atoms with E-state index in [-0.39, 0.29) is 16.0 Å². The maximum Gasteiger partial charge on any atom is 0.240 e. The summed E-state index contributed by atoms with van der Waals surface area (Å²) in [7, 11) is -3.59. The number of thiophene rings is 1. The second-order valence-electron chi connectivity index (χ2n) is 4.49. The van der Waals surface area contributed by atoms with Crippen LogP contribution in [0.5, 0.6) is 0 Å². The topological polar surface area (TPSA) is 72.2 Å². The molecular formula is C13H15ClN2O2S2. The molecule has 0 bridgehead atoms. The molecule has 0 aliphatic carbocycles. The van der Waals surface area contributed by atoms with E-state index in [4.69, 9.17) is 17.3 Å². The molecule has 0 spiro atoms. The van der Waals surface area contributed by atoms with Crippen LogP contribution in [-0.2, 0) is 16.4 Å². The highest BCUT2D eigenvalue weighted by Crippen LogP contribution is 2.22. The van der Waals surface area contributed by atoms with Gasteiger partial charge in [-0.1, -0.05) is 17.7 Å². The van der Waals surface area contributed by atoms with Crippen LogP contribution in [0.1, 0.15) is 11.8 Å². The molecule has 1 unspecified atom stereocenters. The van der Waals surface area contributed by atoms with Crippen molar-refractivity contribution >= 4 is 38.6 Å². The lowest BCUT2D eigenvalue weighted by Crippen LogP contribution is -2.33. The first-order chi connectivity index (χ1) is 9.38. The van der Waals surface area contributed by atoms with Crippen molar-refractivity contribution in [1.29, 1.82) is 0 Å². The zero-order valence-electron chi connectivity index (χ0n) is 10.8. The highest BCUT2D eigenvalue weighted by atomic mass is 35.5. The predicted molar refractivity (Wildman–Crippen MR) is 83.7 cm³/mol. The predicted octanol–water partition coefficient (Wildman–Crippen LogP) is 2.89. The Labute approximate surface area is 127 Å². The summed E-state index contributed by atoms with van der Waals surface area (Å²) in [6.07, 6.45) is 0.652. The van der Waals surface area contributed by atoms with Gasteiger partial charge < -0.3 is 5.73 Å². The Hall–Kier alpha value is -1.08. The van der Waals surface area contributed by atoms with Crippen LogP contribution in [0.4, 0.5) is 5.69 Å². The molecule has 1 heterocycles. The molecule has 2 aromatic rings. The fourth-order valence-electron chi connectivity index (χ4n) is 1.78. The van der Waals surface area contributed by atoms with Crippen molar-refractivity contribution in [3.05, 3.63) is 45.6 Å². The largest absolute Gasteiger partial charge is 0.398 e. The lowest BCUT2D eigenvalue weighted by atomic mass is 10.2. The minimum atomic E-state index is -3.59. The molecule has 0 amide bonds. The van der Waals surface area contributed by atoms with Crippen LogP contribution >= 0.6 is 22.9 Å². The van der Waals surface area contributed by atoms with Gasteiger partial charge >= 0.3 is 0 Å². The molecule has 0 radical (unpaired) electrons. The molecule has 0 aliphatic heterocycles. The zero-order chi connectivity index (χ0) is 14.8. The summed E-state index contributed by atoms with van der Waals surface area (Å²) in [6, 6.07) is 8.02. The van der Waals surface area contributed by atoms with Crippen molar-refractivity contribution < 1.29 is 8.42 Å². The van der Waals surface area contributed by atoms with Crippen molar-refractivity contribution in [2.75, 3.05) is 5.73 Å². The van der Waals surface area contributed by atoms with Gasteiger partial charge in [-0.3, -0.25) is 0 Å². The Morgan fingerprint density at radius 1 is 1.40 bits per heavy atom. The number of anilines is 1. The maximum absolute atomic E-state index is 12.2. The molecule has 2 rings (SSSR count). The van der Waals surface area contributed by atoms with Crippen LogP contribution in [0, 0.1) is 0 Å². The molecule has 0 aliphatic rings. The summed E-state index contributed by atoms with van der Waals surface area (Å²) in [5.74, 6) is 0. The van der Waals surface area contributed by atoms with Crippen LogP contribution < -0.4 is 10.5 Å². The molecule has 0 fully saturated rings. The Kier molecular flexibility index (Phi) is 4.70. The number of nitrogens with two attached hydrogens (primary N) is 1. The average molecular weight is 331 g/mol. The number of benzene rings is 1. The van der Waals surface area contributed by atoms with E-state index < -0.39 is 10.0 Å². The Bertz CT molecular complexity index is 684. The smallest absolute Gasteiger partial charge is 0.240 e. The fraction of sp³-hybridized carbons (Fsp3) is 0.231. The van der Waals surface area contributed by atoms with E-state index >= 15 is 0 Å². The van der Waals surface area contributed by atoms with Gasteiger partial charge in [0.25, 0.3) is 0 Å². The Morgan fingerprint density at radius 2 is 2.15 bits per heavy atom. The molecule has 108 valence electrons. The maximum atomic E-state index is 12.2. The van der Waals surface area contributed by atoms with E-state index in [1.807, 2.05) is 24.4 Å². The van der Waals surface area contributed by atoms with Crippen LogP contribution in [-0.4, -0.2) is 14.5 Å². The number of sulfonamides is 1. The minimum absolute atomic E-state index is 0.120. The van der Waals surface area contributed by atoms with Crippen LogP contribution in [0.3, 0.4) is 0 Å². The summed E-state index contributed by atoms with van der Waals surface area (Å²) in [6.45, 7) is 1.83. The number of nitrogens with one attached hydrogen (secondary N) is 1. The summed E-state index contributed by atoms with van der Waals surface area (Å²) < 4.78 is 27.1. The monoisotopic (exact) mass is 330 g/mol. The van der Waals surface area contributed by atoms with E-state index in [1.54, 1.807) is 11.3 Å². The van der Waals surface area contributed by atoms with Crippen LogP contribution in [0.25, 0.3) is 0 Å². The van der Waals surface area contributed by atoms with Gasteiger partial charge in [-0.2, -0.15) is 0 Å². The first-order valence-electron chi connectivity index (χ1n) is 5.98. The Morgan fingerprint density at radius 3 is 2.75 bits per heavy atom. The second-order valence-corrected chi connectivity index (χ2v) is 7.64. The molecule has 1 atom stereocenters. The third kappa shape index (κ3) is 3.73. The minimum Gasteiger partial charge on any atom is -0.398 e. The van der Waals surface area contributed by atoms with E-state index in [2.05, 4.69) is 4.72 Å². The number of rotatable bonds is 5. The molecule has 1 aromatic heterocycles. The SMILES string of the molecule is CC(Cc1cccs1)NS(=O)(=O)c1ccc(N)c(Cl)c1. The van der Waals surface area contributed by atoms with E-state index in [9.17, 15) is 8.42 Å². The molecule has 0 saturated heterocycles. The second kappa shape index (κ2) is 6.13. The standard InChI is InChI=1S/C13H15ClN2O2S2/c1-9(7-10-3-2-6-19-10)16-20(17,18)11-4-5-13(15)12(14)8-11/h2-6,8-9,16H,7,15H2,1H3. The molecule has 7 heteroatoms. The normalized spacial score (nSPS) is 13.3. The summed E-state index contributed by atoms with van der Waals surface area (Å²) in [5.41, 5.74) is 5.94. The number of nitrogen functional groups attached to an aromatic ring is 1. The van der Waals surface area contributed by atoms with Gasteiger partial charge in [-0.25, -0.2) is 13.1 Å². The van der Waals surface area contributed by atoms with Crippen molar-refractivity contribution in [3.63, 3.8) is 0 Å². The number of hydrogen-bond acceptors (Lipinski definition) is 4. The molecule has 3 N–H and O–H groups in total. The summed E-state index contributed by atoms with van der Waals surface area (Å²) in [5, 5.41) is 2.20. The first-order valence-corrected chi connectivity index (χ1v) is 8.72. The third-order valence-corrected chi connectivity index (χ3v) is 5.54. The zero-order valence-corrected chi connectivity index (χ0v) is 13.2. The molecule has 0 saturated carbocycles. The lowest BCUT2D eigenvalue weighted by molar-refractivity contribution is 0.561. The molecule has 1 aromatic carbocycles. The van der Waals surface area contributed by atoms with E-state index in [0.29, 0.717) is 12.1 Å². The van der Waals surface area contributed by atoms with Gasteiger partial charge in [-0.05, 0) is 43.0 Å². The van der Waals surface area contributed by atoms with E-state index in [1.165, 1.54) is 18.2 Å². The molecule has 4 nitrogen and oxygen atoms in total. The molecule has 20 heavy (non-hydrogen) atoms. The summed E-state index contributed by atoms with van der Waals surface area (Å²) >= 11 is 7.46. The average Bonchev–Trinajstić information content (AvgIpc) is 2.84. The van der Waals surface area contributed by atoms with Crippen molar-refractivity contribution in [3.8, 4) is 0 Å². The van der Waals surface area contributed by atoms with Gasteiger partial charge in [0.1, 0.15) is 0 Å². The summed E-state index contributed by atoms with van der Waals surface area (Å²) in [4.78, 5) is 1.25. The van der Waals surface area contributed by atoms with Gasteiger partial charge in [0.2, 0.25) is 10.0 Å². The van der Waals surface area contributed by atoms with Crippen molar-refractivity contribution in [2.45, 2.75) is 24.3 Å². The van der Waals surface area contributed by atoms with Gasteiger partial charge in [0, 0.05) is 10.9 Å². The van der Waals surface area contributed by atoms with Gasteiger partial charge in [0.05, 0.1) is 15.6 Å². The third-order valence-electron chi connectivity index (χ3n) is 2.73. The first kappa shape index (κ1) is 15.3.